The van der Waals surface area contributed by atoms with Crippen LogP contribution in [0.1, 0.15) is 5.56 Å². The molecule has 0 aliphatic carbocycles. The van der Waals surface area contributed by atoms with Crippen molar-refractivity contribution in [2.75, 3.05) is 0 Å². The first-order valence-corrected chi connectivity index (χ1v) is 11.8. The van der Waals surface area contributed by atoms with E-state index in [9.17, 15) is 0 Å². The first kappa shape index (κ1) is 19.7. The largest absolute Gasteiger partial charge is 0.309 e. The molecule has 0 saturated heterocycles. The highest BCUT2D eigenvalue weighted by molar-refractivity contribution is 6.09. The van der Waals surface area contributed by atoms with Crippen molar-refractivity contribution in [3.8, 4) is 22.8 Å². The van der Waals surface area contributed by atoms with E-state index in [0.29, 0.717) is 0 Å². The molecule has 0 amide bonds. The smallest absolute Gasteiger partial charge is 0.165 e. The Balaban J connectivity index is 1.53. The Hall–Kier alpha value is -4.70. The zero-order chi connectivity index (χ0) is 23.4. The number of aromatic nitrogens is 4. The number of aryl methyl sites for hydroxylation is 1. The molecule has 0 N–H and O–H groups in total. The van der Waals surface area contributed by atoms with Crippen molar-refractivity contribution in [2.45, 2.75) is 6.92 Å². The van der Waals surface area contributed by atoms with Crippen molar-refractivity contribution in [3.63, 3.8) is 0 Å². The monoisotopic (exact) mass is 450 g/mol. The summed E-state index contributed by atoms with van der Waals surface area (Å²) in [6.07, 6.45) is 1.86. The summed E-state index contributed by atoms with van der Waals surface area (Å²) >= 11 is 0. The summed E-state index contributed by atoms with van der Waals surface area (Å²) in [7, 11) is 0. The van der Waals surface area contributed by atoms with Crippen molar-refractivity contribution in [1.82, 2.24) is 19.1 Å². The second-order valence-electron chi connectivity index (χ2n) is 8.83. The van der Waals surface area contributed by atoms with Gasteiger partial charge in [-0.25, -0.2) is 9.97 Å². The van der Waals surface area contributed by atoms with Crippen LogP contribution >= 0.6 is 0 Å². The molecule has 0 aliphatic heterocycles. The molecule has 4 nitrogen and oxygen atoms in total. The van der Waals surface area contributed by atoms with E-state index in [2.05, 4.69) is 101 Å². The SMILES string of the molecule is Cc1ccnc2c1nc(-c1ccccc1)n2-c1cccc(-n2c3ccccc3c3ccccc32)c1. The number of para-hydroxylation sites is 2. The predicted molar refractivity (Wildman–Crippen MR) is 143 cm³/mol. The third-order valence-electron chi connectivity index (χ3n) is 6.71. The number of benzene rings is 4. The summed E-state index contributed by atoms with van der Waals surface area (Å²) in [5.74, 6) is 0.891. The van der Waals surface area contributed by atoms with E-state index >= 15 is 0 Å². The molecule has 0 fully saturated rings. The van der Waals surface area contributed by atoms with Crippen LogP contribution in [0, 0.1) is 6.92 Å². The number of nitrogens with zero attached hydrogens (tertiary/aromatic N) is 4. The minimum atomic E-state index is 0.864. The number of hydrogen-bond acceptors (Lipinski definition) is 2. The summed E-state index contributed by atoms with van der Waals surface area (Å²) < 4.78 is 4.52. The average Bonchev–Trinajstić information content (AvgIpc) is 3.47. The van der Waals surface area contributed by atoms with Crippen LogP contribution in [0.5, 0.6) is 0 Å². The van der Waals surface area contributed by atoms with E-state index < -0.39 is 0 Å². The molecular weight excluding hydrogens is 428 g/mol. The normalized spacial score (nSPS) is 11.6. The summed E-state index contributed by atoms with van der Waals surface area (Å²) in [5, 5.41) is 2.51. The number of imidazole rings is 1. The quantitative estimate of drug-likeness (QED) is 0.279. The average molecular weight is 451 g/mol. The molecule has 7 rings (SSSR count). The maximum absolute atomic E-state index is 5.04. The van der Waals surface area contributed by atoms with Crippen molar-refractivity contribution < 1.29 is 0 Å². The van der Waals surface area contributed by atoms with Gasteiger partial charge in [0.1, 0.15) is 11.3 Å². The van der Waals surface area contributed by atoms with Crippen LogP contribution in [0.15, 0.2) is 115 Å². The summed E-state index contributed by atoms with van der Waals surface area (Å²) in [6, 6.07) is 38.2. The molecule has 0 aliphatic rings. The maximum atomic E-state index is 5.04. The van der Waals surface area contributed by atoms with Gasteiger partial charge in [0.15, 0.2) is 5.65 Å². The van der Waals surface area contributed by atoms with Gasteiger partial charge >= 0.3 is 0 Å². The molecule has 4 aromatic carbocycles. The van der Waals surface area contributed by atoms with Crippen LogP contribution in [-0.2, 0) is 0 Å². The first-order valence-electron chi connectivity index (χ1n) is 11.8. The molecule has 0 saturated carbocycles. The fraction of sp³-hybridized carbons (Fsp3) is 0.0323. The second-order valence-corrected chi connectivity index (χ2v) is 8.83. The Morgan fingerprint density at radius 3 is 1.94 bits per heavy atom. The molecular formula is C31H22N4. The first-order chi connectivity index (χ1) is 17.3. The third kappa shape index (κ3) is 3.00. The molecule has 35 heavy (non-hydrogen) atoms. The fourth-order valence-corrected chi connectivity index (χ4v) is 5.09. The lowest BCUT2D eigenvalue weighted by atomic mass is 10.2. The summed E-state index contributed by atoms with van der Waals surface area (Å²) in [5.41, 5.74) is 8.49. The van der Waals surface area contributed by atoms with E-state index in [4.69, 9.17) is 9.97 Å². The molecule has 7 aromatic rings. The van der Waals surface area contributed by atoms with Crippen molar-refractivity contribution in [3.05, 3.63) is 121 Å². The van der Waals surface area contributed by atoms with Crippen molar-refractivity contribution >= 4 is 33.0 Å². The number of pyridine rings is 1. The van der Waals surface area contributed by atoms with Gasteiger partial charge in [0, 0.05) is 28.2 Å². The molecule has 166 valence electrons. The predicted octanol–water partition coefficient (Wildman–Crippen LogP) is 7.49. The molecule has 0 bridgehead atoms. The Kier molecular flexibility index (Phi) is 4.33. The minimum absolute atomic E-state index is 0.864. The zero-order valence-electron chi connectivity index (χ0n) is 19.3. The van der Waals surface area contributed by atoms with Crippen LogP contribution in [0.3, 0.4) is 0 Å². The van der Waals surface area contributed by atoms with E-state index in [1.165, 1.54) is 21.8 Å². The molecule has 0 radical (unpaired) electrons. The molecule has 3 heterocycles. The van der Waals surface area contributed by atoms with E-state index in [1.807, 2.05) is 30.5 Å². The summed E-state index contributed by atoms with van der Waals surface area (Å²) in [4.78, 5) is 9.80. The fourth-order valence-electron chi connectivity index (χ4n) is 5.09. The maximum Gasteiger partial charge on any atom is 0.165 e. The molecule has 0 unspecified atom stereocenters. The van der Waals surface area contributed by atoms with E-state index in [-0.39, 0.29) is 0 Å². The highest BCUT2D eigenvalue weighted by Crippen LogP contribution is 2.34. The molecule has 3 aromatic heterocycles. The van der Waals surface area contributed by atoms with Gasteiger partial charge in [0.25, 0.3) is 0 Å². The van der Waals surface area contributed by atoms with Gasteiger partial charge in [0.2, 0.25) is 0 Å². The van der Waals surface area contributed by atoms with Gasteiger partial charge < -0.3 is 4.57 Å². The van der Waals surface area contributed by atoms with Gasteiger partial charge in [-0.3, -0.25) is 4.57 Å². The lowest BCUT2D eigenvalue weighted by molar-refractivity contribution is 1.07. The van der Waals surface area contributed by atoms with Gasteiger partial charge in [-0.15, -0.1) is 0 Å². The van der Waals surface area contributed by atoms with Gasteiger partial charge in [-0.1, -0.05) is 72.8 Å². The van der Waals surface area contributed by atoms with Gasteiger partial charge in [-0.2, -0.15) is 0 Å². The van der Waals surface area contributed by atoms with Crippen LogP contribution in [0.2, 0.25) is 0 Å². The second kappa shape index (κ2) is 7.67. The van der Waals surface area contributed by atoms with Crippen LogP contribution in [-0.4, -0.2) is 19.1 Å². The lowest BCUT2D eigenvalue weighted by Crippen LogP contribution is -2.01. The number of fused-ring (bicyclic) bond motifs is 4. The summed E-state index contributed by atoms with van der Waals surface area (Å²) in [6.45, 7) is 2.09. The Labute approximate surface area is 202 Å². The topological polar surface area (TPSA) is 35.6 Å². The highest BCUT2D eigenvalue weighted by atomic mass is 15.1. The van der Waals surface area contributed by atoms with Crippen molar-refractivity contribution in [2.24, 2.45) is 0 Å². The van der Waals surface area contributed by atoms with Gasteiger partial charge in [0.05, 0.1) is 16.7 Å². The number of hydrogen-bond donors (Lipinski definition) is 0. The molecule has 4 heteroatoms. The Morgan fingerprint density at radius 2 is 1.23 bits per heavy atom. The highest BCUT2D eigenvalue weighted by Gasteiger charge is 2.18. The molecule has 0 spiro atoms. The van der Waals surface area contributed by atoms with E-state index in [1.54, 1.807) is 0 Å². The number of rotatable bonds is 3. The lowest BCUT2D eigenvalue weighted by Gasteiger charge is -2.13. The zero-order valence-corrected chi connectivity index (χ0v) is 19.3. The Morgan fingerprint density at radius 1 is 0.600 bits per heavy atom. The van der Waals surface area contributed by atoms with Gasteiger partial charge in [-0.05, 0) is 48.9 Å². The standard InChI is InChI=1S/C31H22N4/c1-21-18-19-32-31-29(21)33-30(22-10-3-2-4-11-22)35(31)24-13-9-12-23(20-24)34-27-16-7-5-14-25(27)26-15-6-8-17-28(26)34/h2-20H,1H3. The minimum Gasteiger partial charge on any atom is -0.309 e. The Bertz CT molecular complexity index is 1810. The van der Waals surface area contributed by atoms with E-state index in [0.717, 1.165) is 39.5 Å². The third-order valence-corrected chi connectivity index (χ3v) is 6.71. The van der Waals surface area contributed by atoms with Crippen LogP contribution in [0.25, 0.3) is 55.7 Å². The van der Waals surface area contributed by atoms with Crippen LogP contribution in [0.4, 0.5) is 0 Å². The molecule has 0 atom stereocenters. The van der Waals surface area contributed by atoms with Crippen molar-refractivity contribution in [1.29, 1.82) is 0 Å². The van der Waals surface area contributed by atoms with Crippen LogP contribution < -0.4 is 0 Å².